The summed E-state index contributed by atoms with van der Waals surface area (Å²) in [6.45, 7) is 3.34. The van der Waals surface area contributed by atoms with Gasteiger partial charge in [-0.1, -0.05) is 17.7 Å². The van der Waals surface area contributed by atoms with Gasteiger partial charge in [0.25, 0.3) is 0 Å². The zero-order valence-corrected chi connectivity index (χ0v) is 9.59. The number of halogens is 2. The Hall–Kier alpha value is -1.29. The van der Waals surface area contributed by atoms with Gasteiger partial charge in [-0.3, -0.25) is 4.99 Å². The molecule has 0 saturated heterocycles. The summed E-state index contributed by atoms with van der Waals surface area (Å²) in [5, 5.41) is 3.34. The second-order valence-electron chi connectivity index (χ2n) is 3.50. The predicted molar refractivity (Wildman–Crippen MR) is 61.8 cm³/mol. The number of para-hydroxylation sites is 1. The van der Waals surface area contributed by atoms with Crippen LogP contribution in [0.2, 0.25) is 5.02 Å². The predicted octanol–water partition coefficient (Wildman–Crippen LogP) is 2.25. The topological polar surface area (TPSA) is 33.6 Å². The van der Waals surface area contributed by atoms with Crippen LogP contribution in [0.4, 0.5) is 4.39 Å². The summed E-state index contributed by atoms with van der Waals surface area (Å²) in [5.74, 6) is 0.352. The Labute approximate surface area is 98.3 Å². The number of hydrogen-bond acceptors (Lipinski definition) is 3. The Morgan fingerprint density at radius 1 is 1.56 bits per heavy atom. The molecule has 86 valence electrons. The van der Waals surface area contributed by atoms with Crippen molar-refractivity contribution in [1.29, 1.82) is 0 Å². The highest BCUT2D eigenvalue weighted by Crippen LogP contribution is 2.28. The lowest BCUT2D eigenvalue weighted by Gasteiger charge is -2.16. The van der Waals surface area contributed by atoms with Crippen molar-refractivity contribution in [1.82, 2.24) is 5.32 Å². The molecule has 1 aromatic carbocycles. The molecule has 0 fully saturated rings. The molecule has 3 nitrogen and oxygen atoms in total. The smallest absolute Gasteiger partial charge is 0.174 e. The van der Waals surface area contributed by atoms with Gasteiger partial charge in [-0.15, -0.1) is 0 Å². The zero-order valence-electron chi connectivity index (χ0n) is 8.84. The minimum atomic E-state index is -0.460. The van der Waals surface area contributed by atoms with Crippen LogP contribution in [0.25, 0.3) is 0 Å². The standard InChI is InChI=1S/C11H12ClFN2O/c1-7(11-14-5-6-15-11)16-10-8(12)3-2-4-9(10)13/h2-4,7H,5-6H2,1H3,(H,14,15)/i13-1. The number of hydrogen-bond donors (Lipinski definition) is 1. The normalized spacial score (nSPS) is 16.6. The number of amidine groups is 1. The van der Waals surface area contributed by atoms with Crippen LogP contribution >= 0.6 is 11.6 Å². The molecular weight excluding hydrogens is 230 g/mol. The van der Waals surface area contributed by atoms with E-state index < -0.39 is 5.82 Å². The van der Waals surface area contributed by atoms with E-state index in [0.29, 0.717) is 0 Å². The Kier molecular flexibility index (Phi) is 3.29. The van der Waals surface area contributed by atoms with Gasteiger partial charge in [-0.05, 0) is 19.1 Å². The van der Waals surface area contributed by atoms with Crippen LogP contribution in [0.3, 0.4) is 0 Å². The SMILES string of the molecule is CC(Oc1c([18F])cccc1Cl)C1=NCCN1. The van der Waals surface area contributed by atoms with Crippen LogP contribution in [-0.2, 0) is 0 Å². The van der Waals surface area contributed by atoms with Crippen molar-refractivity contribution in [3.05, 3.63) is 29.0 Å². The van der Waals surface area contributed by atoms with E-state index in [1.807, 2.05) is 0 Å². The zero-order chi connectivity index (χ0) is 11.5. The minimum Gasteiger partial charge on any atom is -0.478 e. The molecule has 5 heteroatoms. The van der Waals surface area contributed by atoms with E-state index in [4.69, 9.17) is 16.3 Å². The van der Waals surface area contributed by atoms with Crippen molar-refractivity contribution in [3.63, 3.8) is 0 Å². The van der Waals surface area contributed by atoms with Crippen molar-refractivity contribution in [2.24, 2.45) is 4.99 Å². The fourth-order valence-electron chi connectivity index (χ4n) is 1.52. The summed E-state index contributed by atoms with van der Waals surface area (Å²) in [6, 6.07) is 4.45. The quantitative estimate of drug-likeness (QED) is 0.881. The summed E-state index contributed by atoms with van der Waals surface area (Å²) in [6.07, 6.45) is -0.322. The number of nitrogens with zero attached hydrogens (tertiary/aromatic N) is 1. The fourth-order valence-corrected chi connectivity index (χ4v) is 1.72. The molecule has 0 aliphatic carbocycles. The molecule has 0 radical (unpaired) electrons. The van der Waals surface area contributed by atoms with Gasteiger partial charge in [0.2, 0.25) is 0 Å². The van der Waals surface area contributed by atoms with Gasteiger partial charge in [0.05, 0.1) is 11.6 Å². The molecule has 1 N–H and O–H groups in total. The van der Waals surface area contributed by atoms with Crippen molar-refractivity contribution >= 4 is 17.4 Å². The molecule has 1 atom stereocenters. The first kappa shape index (κ1) is 11.2. The summed E-state index contributed by atoms with van der Waals surface area (Å²) in [7, 11) is 0. The number of ether oxygens (including phenoxy) is 1. The molecule has 1 aliphatic heterocycles. The van der Waals surface area contributed by atoms with Gasteiger partial charge in [0.1, 0.15) is 5.84 Å². The molecule has 0 bridgehead atoms. The van der Waals surface area contributed by atoms with E-state index in [2.05, 4.69) is 10.3 Å². The van der Waals surface area contributed by atoms with Gasteiger partial charge in [-0.2, -0.15) is 0 Å². The maximum Gasteiger partial charge on any atom is 0.174 e. The third kappa shape index (κ3) is 2.27. The minimum absolute atomic E-state index is 0.0769. The number of aliphatic imine (C=N–C) groups is 1. The van der Waals surface area contributed by atoms with E-state index in [1.165, 1.54) is 6.07 Å². The van der Waals surface area contributed by atoms with E-state index in [0.717, 1.165) is 18.9 Å². The van der Waals surface area contributed by atoms with Gasteiger partial charge >= 0.3 is 0 Å². The van der Waals surface area contributed by atoms with Gasteiger partial charge in [-0.25, -0.2) is 4.39 Å². The largest absolute Gasteiger partial charge is 0.478 e. The van der Waals surface area contributed by atoms with Crippen molar-refractivity contribution in [2.45, 2.75) is 13.0 Å². The van der Waals surface area contributed by atoms with E-state index >= 15 is 0 Å². The Morgan fingerprint density at radius 3 is 3.00 bits per heavy atom. The molecule has 0 saturated carbocycles. The first-order valence-corrected chi connectivity index (χ1v) is 5.45. The average Bonchev–Trinajstić information content (AvgIpc) is 2.76. The van der Waals surface area contributed by atoms with Gasteiger partial charge in [0.15, 0.2) is 17.7 Å². The van der Waals surface area contributed by atoms with Crippen LogP contribution in [0.1, 0.15) is 6.92 Å². The summed E-state index contributed by atoms with van der Waals surface area (Å²) >= 11 is 5.86. The second kappa shape index (κ2) is 4.70. The highest BCUT2D eigenvalue weighted by Gasteiger charge is 2.18. The van der Waals surface area contributed by atoms with Crippen LogP contribution < -0.4 is 10.1 Å². The van der Waals surface area contributed by atoms with Crippen LogP contribution in [0.15, 0.2) is 23.2 Å². The van der Waals surface area contributed by atoms with E-state index in [1.54, 1.807) is 19.1 Å². The Balaban J connectivity index is 2.14. The molecule has 16 heavy (non-hydrogen) atoms. The maximum absolute atomic E-state index is 13.4. The molecule has 1 heterocycles. The molecule has 0 aromatic heterocycles. The first-order valence-electron chi connectivity index (χ1n) is 5.07. The summed E-state index contributed by atoms with van der Waals surface area (Å²) in [4.78, 5) is 4.21. The molecule has 1 aromatic rings. The lowest BCUT2D eigenvalue weighted by Crippen LogP contribution is -2.33. The number of nitrogens with one attached hydrogen (secondary N) is 1. The Morgan fingerprint density at radius 2 is 2.38 bits per heavy atom. The van der Waals surface area contributed by atoms with Crippen LogP contribution in [-0.4, -0.2) is 25.0 Å². The highest BCUT2D eigenvalue weighted by molar-refractivity contribution is 6.32. The third-order valence-electron chi connectivity index (χ3n) is 2.30. The second-order valence-corrected chi connectivity index (χ2v) is 3.91. The monoisotopic (exact) mass is 241 g/mol. The molecular formula is C11H12ClFN2O. The third-order valence-corrected chi connectivity index (χ3v) is 2.60. The average molecular weight is 242 g/mol. The number of rotatable bonds is 3. The lowest BCUT2D eigenvalue weighted by molar-refractivity contribution is 0.270. The van der Waals surface area contributed by atoms with Crippen molar-refractivity contribution in [2.75, 3.05) is 13.1 Å². The van der Waals surface area contributed by atoms with Crippen molar-refractivity contribution in [3.8, 4) is 5.75 Å². The van der Waals surface area contributed by atoms with Gasteiger partial charge < -0.3 is 10.1 Å². The van der Waals surface area contributed by atoms with Crippen LogP contribution in [0, 0.1) is 5.82 Å². The van der Waals surface area contributed by atoms with Crippen LogP contribution in [0.5, 0.6) is 5.75 Å². The summed E-state index contributed by atoms with van der Waals surface area (Å²) < 4.78 is 18.9. The number of benzene rings is 1. The Bertz CT molecular complexity index is 402. The van der Waals surface area contributed by atoms with Gasteiger partial charge in [0, 0.05) is 6.54 Å². The van der Waals surface area contributed by atoms with E-state index in [-0.39, 0.29) is 16.9 Å². The molecule has 1 aliphatic rings. The van der Waals surface area contributed by atoms with Crippen molar-refractivity contribution < 1.29 is 9.13 Å². The molecule has 1 unspecified atom stereocenters. The molecule has 0 spiro atoms. The lowest BCUT2D eigenvalue weighted by atomic mass is 10.3. The van der Waals surface area contributed by atoms with E-state index in [9.17, 15) is 4.39 Å². The molecule has 0 amide bonds. The first-order chi connectivity index (χ1) is 7.68. The fraction of sp³-hybridized carbons (Fsp3) is 0.364. The highest BCUT2D eigenvalue weighted by atomic mass is 35.5. The molecule has 2 rings (SSSR count). The maximum atomic E-state index is 13.4. The summed E-state index contributed by atoms with van der Waals surface area (Å²) in [5.41, 5.74) is 0.